The lowest BCUT2D eigenvalue weighted by Gasteiger charge is -2.12. The van der Waals surface area contributed by atoms with Gasteiger partial charge in [0.15, 0.2) is 0 Å². The van der Waals surface area contributed by atoms with E-state index in [4.69, 9.17) is 51.1 Å². The summed E-state index contributed by atoms with van der Waals surface area (Å²) in [4.78, 5) is 25.4. The Labute approximate surface area is 205 Å². The van der Waals surface area contributed by atoms with Crippen molar-refractivity contribution in [3.05, 3.63) is 96.9 Å². The molecule has 3 aromatic rings. The number of benzene rings is 3. The lowest BCUT2D eigenvalue weighted by molar-refractivity contribution is 0.0948. The molecule has 0 saturated heterocycles. The summed E-state index contributed by atoms with van der Waals surface area (Å²) in [6, 6.07) is 14.8. The van der Waals surface area contributed by atoms with Gasteiger partial charge in [-0.25, -0.2) is 0 Å². The van der Waals surface area contributed by atoms with Crippen molar-refractivity contribution in [3.63, 3.8) is 0 Å². The Bertz CT molecular complexity index is 1170. The molecule has 5 nitrogen and oxygen atoms in total. The van der Waals surface area contributed by atoms with Gasteiger partial charge in [0.1, 0.15) is 5.75 Å². The number of carbonyl (C=O) groups excluding carboxylic acids is 2. The molecule has 3 rings (SSSR count). The number of amides is 2. The van der Waals surface area contributed by atoms with Crippen LogP contribution in [-0.4, -0.2) is 18.9 Å². The van der Waals surface area contributed by atoms with Gasteiger partial charge in [-0.15, -0.1) is 0 Å². The Morgan fingerprint density at radius 2 is 1.25 bits per heavy atom. The summed E-state index contributed by atoms with van der Waals surface area (Å²) in [7, 11) is 1.45. The van der Waals surface area contributed by atoms with Gasteiger partial charge >= 0.3 is 0 Å². The van der Waals surface area contributed by atoms with Crippen LogP contribution < -0.4 is 15.4 Å². The minimum absolute atomic E-state index is 0.229. The largest absolute Gasteiger partial charge is 0.496 e. The predicted molar refractivity (Wildman–Crippen MR) is 128 cm³/mol. The zero-order valence-electron chi connectivity index (χ0n) is 16.8. The number of nitrogens with one attached hydrogen (secondary N) is 2. The lowest BCUT2D eigenvalue weighted by Crippen LogP contribution is -2.26. The number of hydrogen-bond donors (Lipinski definition) is 2. The van der Waals surface area contributed by atoms with Crippen LogP contribution in [0.25, 0.3) is 0 Å². The average Bonchev–Trinajstić information content (AvgIpc) is 2.79. The fourth-order valence-corrected chi connectivity index (χ4v) is 3.53. The van der Waals surface area contributed by atoms with Gasteiger partial charge in [0, 0.05) is 18.7 Å². The lowest BCUT2D eigenvalue weighted by atomic mass is 10.1. The summed E-state index contributed by atoms with van der Waals surface area (Å²) in [5.41, 5.74) is 2.11. The third-order valence-corrected chi connectivity index (χ3v) is 6.06. The van der Waals surface area contributed by atoms with E-state index in [1.54, 1.807) is 48.5 Å². The minimum Gasteiger partial charge on any atom is -0.496 e. The third kappa shape index (κ3) is 6.08. The van der Waals surface area contributed by atoms with E-state index in [1.165, 1.54) is 13.2 Å². The van der Waals surface area contributed by atoms with E-state index < -0.39 is 5.91 Å². The first-order chi connectivity index (χ1) is 15.3. The molecule has 0 spiro atoms. The first kappa shape index (κ1) is 24.2. The number of methoxy groups -OCH3 is 1. The summed E-state index contributed by atoms with van der Waals surface area (Å²) in [5.74, 6) is -0.401. The fraction of sp³-hybridized carbons (Fsp3) is 0.130. The second-order valence-corrected chi connectivity index (χ2v) is 8.41. The highest BCUT2D eigenvalue weighted by atomic mass is 35.5. The van der Waals surface area contributed by atoms with Crippen molar-refractivity contribution in [2.75, 3.05) is 7.11 Å². The van der Waals surface area contributed by atoms with Gasteiger partial charge in [0.2, 0.25) is 0 Å². The highest BCUT2D eigenvalue weighted by molar-refractivity contribution is 6.42. The van der Waals surface area contributed by atoms with E-state index in [-0.39, 0.29) is 24.6 Å². The van der Waals surface area contributed by atoms with Gasteiger partial charge in [-0.3, -0.25) is 9.59 Å². The van der Waals surface area contributed by atoms with Gasteiger partial charge in [-0.1, -0.05) is 58.5 Å². The van der Waals surface area contributed by atoms with Gasteiger partial charge < -0.3 is 15.4 Å². The fourth-order valence-electron chi connectivity index (χ4n) is 2.89. The van der Waals surface area contributed by atoms with Crippen LogP contribution in [-0.2, 0) is 13.1 Å². The first-order valence-electron chi connectivity index (χ1n) is 9.40. The highest BCUT2D eigenvalue weighted by Crippen LogP contribution is 2.24. The molecule has 2 N–H and O–H groups in total. The molecule has 0 heterocycles. The molecule has 0 aliphatic carbocycles. The van der Waals surface area contributed by atoms with Gasteiger partial charge in [-0.05, 0) is 53.6 Å². The molecule has 2 amide bonds. The van der Waals surface area contributed by atoms with Crippen LogP contribution in [0.1, 0.15) is 31.8 Å². The third-order valence-electron chi connectivity index (χ3n) is 4.58. The molecule has 0 saturated carbocycles. The second kappa shape index (κ2) is 10.9. The Morgan fingerprint density at radius 3 is 1.75 bits per heavy atom. The van der Waals surface area contributed by atoms with E-state index in [0.717, 1.165) is 11.1 Å². The van der Waals surface area contributed by atoms with E-state index in [9.17, 15) is 9.59 Å². The molecule has 0 fully saturated rings. The Balaban J connectivity index is 1.70. The number of rotatable bonds is 7. The number of ether oxygens (including phenoxy) is 1. The summed E-state index contributed by atoms with van der Waals surface area (Å²) in [5, 5.41) is 7.26. The molecule has 0 aliphatic rings. The van der Waals surface area contributed by atoms with Crippen molar-refractivity contribution in [1.82, 2.24) is 10.6 Å². The molecule has 166 valence electrons. The van der Waals surface area contributed by atoms with Crippen LogP contribution in [0.5, 0.6) is 5.75 Å². The average molecular weight is 512 g/mol. The number of carbonyl (C=O) groups is 2. The first-order valence-corrected chi connectivity index (χ1v) is 10.9. The number of hydrogen-bond acceptors (Lipinski definition) is 3. The van der Waals surface area contributed by atoms with Gasteiger partial charge in [-0.2, -0.15) is 0 Å². The van der Waals surface area contributed by atoms with E-state index >= 15 is 0 Å². The van der Waals surface area contributed by atoms with Crippen LogP contribution >= 0.6 is 46.4 Å². The van der Waals surface area contributed by atoms with E-state index in [2.05, 4.69) is 10.6 Å². The summed E-state index contributed by atoms with van der Waals surface area (Å²) >= 11 is 23.9. The van der Waals surface area contributed by atoms with Crippen molar-refractivity contribution in [2.24, 2.45) is 0 Å². The molecule has 0 aliphatic heterocycles. The Hall–Kier alpha value is -2.44. The maximum absolute atomic E-state index is 12.8. The summed E-state index contributed by atoms with van der Waals surface area (Å²) < 4.78 is 5.28. The van der Waals surface area contributed by atoms with Crippen molar-refractivity contribution in [2.45, 2.75) is 13.1 Å². The van der Waals surface area contributed by atoms with Crippen molar-refractivity contribution >= 4 is 58.2 Å². The molecule has 0 aromatic heterocycles. The van der Waals surface area contributed by atoms with Crippen LogP contribution in [0, 0.1) is 0 Å². The minimum atomic E-state index is -0.396. The van der Waals surface area contributed by atoms with E-state index in [1.807, 2.05) is 0 Å². The zero-order chi connectivity index (χ0) is 23.3. The zero-order valence-corrected chi connectivity index (χ0v) is 19.9. The topological polar surface area (TPSA) is 67.4 Å². The molecule has 32 heavy (non-hydrogen) atoms. The molecule has 0 radical (unpaired) electrons. The van der Waals surface area contributed by atoms with Crippen molar-refractivity contribution in [1.29, 1.82) is 0 Å². The van der Waals surface area contributed by atoms with Crippen LogP contribution in [0.4, 0.5) is 0 Å². The van der Waals surface area contributed by atoms with Crippen molar-refractivity contribution < 1.29 is 14.3 Å². The normalized spacial score (nSPS) is 10.5. The van der Waals surface area contributed by atoms with Crippen LogP contribution in [0.3, 0.4) is 0 Å². The smallest absolute Gasteiger partial charge is 0.255 e. The standard InChI is InChI=1S/C23H18Cl4N2O3/c1-32-21-7-4-15(22(30)28-11-13-2-5-17(24)19(26)8-13)10-16(21)23(31)29-12-14-3-6-18(25)20(27)9-14/h2-10H,11-12H2,1H3,(H,28,30)(H,29,31). The monoisotopic (exact) mass is 510 g/mol. The van der Waals surface area contributed by atoms with Gasteiger partial charge in [0.25, 0.3) is 11.8 Å². The van der Waals surface area contributed by atoms with Crippen LogP contribution in [0.2, 0.25) is 20.1 Å². The molecular formula is C23H18Cl4N2O3. The molecule has 0 unspecified atom stereocenters. The molecule has 0 atom stereocenters. The maximum Gasteiger partial charge on any atom is 0.255 e. The number of halogens is 4. The molecule has 3 aromatic carbocycles. The second-order valence-electron chi connectivity index (χ2n) is 6.78. The predicted octanol–water partition coefficient (Wildman–Crippen LogP) is 6.17. The molecule has 9 heteroatoms. The van der Waals surface area contributed by atoms with Gasteiger partial charge in [0.05, 0.1) is 32.8 Å². The Kier molecular flexibility index (Phi) is 8.26. The summed E-state index contributed by atoms with van der Waals surface area (Å²) in [6.45, 7) is 0.479. The summed E-state index contributed by atoms with van der Waals surface area (Å²) in [6.07, 6.45) is 0. The Morgan fingerprint density at radius 1 is 0.719 bits per heavy atom. The quantitative estimate of drug-likeness (QED) is 0.398. The maximum atomic E-state index is 12.8. The van der Waals surface area contributed by atoms with Crippen molar-refractivity contribution in [3.8, 4) is 5.75 Å². The van der Waals surface area contributed by atoms with Crippen LogP contribution in [0.15, 0.2) is 54.6 Å². The molecule has 0 bridgehead atoms. The SMILES string of the molecule is COc1ccc(C(=O)NCc2ccc(Cl)c(Cl)c2)cc1C(=O)NCc1ccc(Cl)c(Cl)c1. The molecular weight excluding hydrogens is 494 g/mol. The highest BCUT2D eigenvalue weighted by Gasteiger charge is 2.16. The van der Waals surface area contributed by atoms with E-state index in [0.29, 0.717) is 31.4 Å².